The number of hydrogen-bond donors (Lipinski definition) is 0. The lowest BCUT2D eigenvalue weighted by Gasteiger charge is -2.11. The van der Waals surface area contributed by atoms with Crippen LogP contribution in [0.3, 0.4) is 0 Å². The van der Waals surface area contributed by atoms with Crippen LogP contribution in [-0.4, -0.2) is 50.0 Å². The van der Waals surface area contributed by atoms with Crippen LogP contribution >= 0.6 is 0 Å². The molecule has 0 saturated heterocycles. The Morgan fingerprint density at radius 1 is 0.919 bits per heavy atom. The van der Waals surface area contributed by atoms with Crippen LogP contribution < -0.4 is 15.2 Å². The molecule has 0 spiro atoms. The largest absolute Gasteiger partial charge is 0.497 e. The molecule has 0 aliphatic carbocycles. The Morgan fingerprint density at radius 3 is 2.51 bits per heavy atom. The van der Waals surface area contributed by atoms with E-state index in [1.54, 1.807) is 66.5 Å². The zero-order valence-corrected chi connectivity index (χ0v) is 20.3. The van der Waals surface area contributed by atoms with Crippen LogP contribution in [0.2, 0.25) is 0 Å². The number of methoxy groups -OCH3 is 2. The maximum atomic E-state index is 14.4. The molecule has 11 heteroatoms. The molecule has 37 heavy (non-hydrogen) atoms. The normalized spacial score (nSPS) is 11.2. The first-order valence-corrected chi connectivity index (χ1v) is 11.5. The van der Waals surface area contributed by atoms with Gasteiger partial charge in [0.25, 0.3) is 0 Å². The van der Waals surface area contributed by atoms with Gasteiger partial charge in [0, 0.05) is 23.4 Å². The number of hydrogen-bond acceptors (Lipinski definition) is 6. The zero-order chi connectivity index (χ0) is 25.9. The van der Waals surface area contributed by atoms with Crippen LogP contribution in [0.25, 0.3) is 22.6 Å². The van der Waals surface area contributed by atoms with Gasteiger partial charge >= 0.3 is 5.69 Å². The lowest BCUT2D eigenvalue weighted by Crippen LogP contribution is -2.26. The summed E-state index contributed by atoms with van der Waals surface area (Å²) in [5.74, 6) is 0.998. The fraction of sp³-hybridized carbons (Fsp3) is 0.231. The maximum Gasteiger partial charge on any atom is 0.346 e. The molecule has 5 aromatic rings. The molecular formula is C26H24F2N6O3. The van der Waals surface area contributed by atoms with Crippen LogP contribution in [0.4, 0.5) is 8.78 Å². The third-order valence-electron chi connectivity index (χ3n) is 6.04. The number of aryl methyl sites for hydroxylation is 1. The molecule has 9 nitrogen and oxygen atoms in total. The van der Waals surface area contributed by atoms with Gasteiger partial charge in [-0.1, -0.05) is 18.2 Å². The van der Waals surface area contributed by atoms with Crippen LogP contribution in [0.5, 0.6) is 11.5 Å². The number of halogens is 2. The van der Waals surface area contributed by atoms with Gasteiger partial charge in [0.05, 0.1) is 39.2 Å². The van der Waals surface area contributed by atoms with E-state index >= 15 is 0 Å². The van der Waals surface area contributed by atoms with Gasteiger partial charge in [-0.3, -0.25) is 4.57 Å². The van der Waals surface area contributed by atoms with Crippen molar-refractivity contribution in [3.05, 3.63) is 88.2 Å². The monoisotopic (exact) mass is 506 g/mol. The van der Waals surface area contributed by atoms with E-state index in [0.717, 1.165) is 4.68 Å². The van der Waals surface area contributed by atoms with Crippen molar-refractivity contribution in [3.8, 4) is 23.0 Å². The first-order valence-electron chi connectivity index (χ1n) is 11.5. The Labute approximate surface area is 210 Å². The predicted molar refractivity (Wildman–Crippen MR) is 133 cm³/mol. The molecule has 5 rings (SSSR count). The quantitative estimate of drug-likeness (QED) is 0.303. The molecule has 2 aromatic carbocycles. The molecule has 0 N–H and O–H groups in total. The summed E-state index contributed by atoms with van der Waals surface area (Å²) >= 11 is 0. The molecule has 0 fully saturated rings. The van der Waals surface area contributed by atoms with Gasteiger partial charge in [-0.2, -0.15) is 5.10 Å². The molecule has 3 heterocycles. The van der Waals surface area contributed by atoms with E-state index < -0.39 is 12.4 Å². The second-order valence-corrected chi connectivity index (χ2v) is 8.25. The van der Waals surface area contributed by atoms with Crippen molar-refractivity contribution in [2.45, 2.75) is 19.6 Å². The summed E-state index contributed by atoms with van der Waals surface area (Å²) in [6.45, 7) is -0.742. The lowest BCUT2D eigenvalue weighted by molar-refractivity contribution is 0.389. The number of ether oxygens (including phenoxy) is 2. The molecule has 0 amide bonds. The first kappa shape index (κ1) is 24.2. The smallest absolute Gasteiger partial charge is 0.346 e. The average Bonchev–Trinajstić information content (AvgIpc) is 3.43. The van der Waals surface area contributed by atoms with E-state index in [4.69, 9.17) is 9.47 Å². The third kappa shape index (κ3) is 4.55. The number of fused-ring (bicyclic) bond motifs is 1. The average molecular weight is 507 g/mol. The number of nitrogens with zero attached hydrogens (tertiary/aromatic N) is 6. The van der Waals surface area contributed by atoms with Crippen LogP contribution in [0.1, 0.15) is 11.1 Å². The molecular weight excluding hydrogens is 482 g/mol. The fourth-order valence-electron chi connectivity index (χ4n) is 4.21. The summed E-state index contributed by atoms with van der Waals surface area (Å²) in [7, 11) is 3.08. The van der Waals surface area contributed by atoms with E-state index in [1.165, 1.54) is 17.7 Å². The highest BCUT2D eigenvalue weighted by Crippen LogP contribution is 2.29. The third-order valence-corrected chi connectivity index (χ3v) is 6.04. The summed E-state index contributed by atoms with van der Waals surface area (Å²) in [4.78, 5) is 17.7. The number of pyridine rings is 1. The summed E-state index contributed by atoms with van der Waals surface area (Å²) in [6.07, 6.45) is 1.61. The summed E-state index contributed by atoms with van der Waals surface area (Å²) in [5.41, 5.74) is 1.52. The second-order valence-electron chi connectivity index (χ2n) is 8.25. The molecule has 0 bridgehead atoms. The Bertz CT molecular complexity index is 1620. The van der Waals surface area contributed by atoms with Crippen LogP contribution in [0.15, 0.2) is 65.6 Å². The molecule has 0 unspecified atom stereocenters. The fourth-order valence-corrected chi connectivity index (χ4v) is 4.21. The van der Waals surface area contributed by atoms with Crippen molar-refractivity contribution in [3.63, 3.8) is 0 Å². The number of aromatic nitrogens is 6. The molecule has 0 aliphatic rings. The van der Waals surface area contributed by atoms with Gasteiger partial charge in [-0.05, 0) is 30.3 Å². The van der Waals surface area contributed by atoms with E-state index in [2.05, 4.69) is 15.2 Å². The molecule has 0 atom stereocenters. The van der Waals surface area contributed by atoms with Crippen molar-refractivity contribution in [1.29, 1.82) is 0 Å². The van der Waals surface area contributed by atoms with E-state index in [9.17, 15) is 13.6 Å². The van der Waals surface area contributed by atoms with Gasteiger partial charge in [0.15, 0.2) is 11.5 Å². The summed E-state index contributed by atoms with van der Waals surface area (Å²) in [6, 6.07) is 15.2. The minimum atomic E-state index is -0.758. The molecule has 190 valence electrons. The van der Waals surface area contributed by atoms with Gasteiger partial charge in [0.1, 0.15) is 29.7 Å². The van der Waals surface area contributed by atoms with Crippen molar-refractivity contribution in [2.75, 3.05) is 20.9 Å². The highest BCUT2D eigenvalue weighted by Gasteiger charge is 2.23. The second kappa shape index (κ2) is 10.2. The van der Waals surface area contributed by atoms with Gasteiger partial charge in [-0.15, -0.1) is 5.10 Å². The molecule has 0 aliphatic heterocycles. The van der Waals surface area contributed by atoms with Crippen molar-refractivity contribution in [1.82, 2.24) is 29.1 Å². The SMILES string of the molecule is COc1ccc(Cn2c(-c3nn(Cc4ccccc4F)c4ncccc34)nn(CCF)c2=O)c(OC)c1. The maximum absolute atomic E-state index is 14.4. The summed E-state index contributed by atoms with van der Waals surface area (Å²) in [5, 5.41) is 9.74. The summed E-state index contributed by atoms with van der Waals surface area (Å²) < 4.78 is 42.5. The van der Waals surface area contributed by atoms with Crippen molar-refractivity contribution < 1.29 is 18.3 Å². The number of benzene rings is 2. The van der Waals surface area contributed by atoms with Crippen LogP contribution in [-0.2, 0) is 19.6 Å². The van der Waals surface area contributed by atoms with Crippen molar-refractivity contribution >= 4 is 11.0 Å². The van der Waals surface area contributed by atoms with E-state index in [1.807, 2.05) is 0 Å². The minimum absolute atomic E-state index is 0.0928. The lowest BCUT2D eigenvalue weighted by atomic mass is 10.2. The minimum Gasteiger partial charge on any atom is -0.497 e. The zero-order valence-electron chi connectivity index (χ0n) is 20.3. The van der Waals surface area contributed by atoms with Crippen LogP contribution in [0, 0.1) is 5.82 Å². The Morgan fingerprint density at radius 2 is 1.76 bits per heavy atom. The topological polar surface area (TPSA) is 89.0 Å². The highest BCUT2D eigenvalue weighted by atomic mass is 19.1. The predicted octanol–water partition coefficient (Wildman–Crippen LogP) is 3.68. The standard InChI is InChI=1S/C26H24F2N6O3/c1-36-19-10-9-18(22(14-19)37-2)15-32-25(31-33(13-11-27)26(32)35)23-20-7-5-12-29-24(20)34(30-23)16-17-6-3-4-8-21(17)28/h3-10,12,14H,11,13,15-16H2,1-2H3. The van der Waals surface area contributed by atoms with Gasteiger partial charge in [-0.25, -0.2) is 27.9 Å². The number of rotatable bonds is 9. The van der Waals surface area contributed by atoms with E-state index in [-0.39, 0.29) is 31.3 Å². The van der Waals surface area contributed by atoms with E-state index in [0.29, 0.717) is 39.4 Å². The van der Waals surface area contributed by atoms with Gasteiger partial charge in [0.2, 0.25) is 0 Å². The highest BCUT2D eigenvalue weighted by molar-refractivity contribution is 5.89. The van der Waals surface area contributed by atoms with Crippen molar-refractivity contribution in [2.24, 2.45) is 0 Å². The molecule has 0 radical (unpaired) electrons. The molecule has 3 aromatic heterocycles. The first-order chi connectivity index (χ1) is 18.0. The Balaban J connectivity index is 1.66. The molecule has 0 saturated carbocycles. The Hall–Kier alpha value is -4.54. The van der Waals surface area contributed by atoms with Gasteiger partial charge < -0.3 is 9.47 Å². The Kier molecular flexibility index (Phi) is 6.67. The number of alkyl halides is 1.